The summed E-state index contributed by atoms with van der Waals surface area (Å²) in [6.07, 6.45) is 5.66. The van der Waals surface area contributed by atoms with Gasteiger partial charge in [-0.05, 0) is 31.7 Å². The van der Waals surface area contributed by atoms with Gasteiger partial charge in [0.2, 0.25) is 0 Å². The van der Waals surface area contributed by atoms with Crippen LogP contribution in [0.15, 0.2) is 17.2 Å². The van der Waals surface area contributed by atoms with Crippen LogP contribution in [0.1, 0.15) is 50.0 Å². The van der Waals surface area contributed by atoms with E-state index < -0.39 is 9.05 Å². The summed E-state index contributed by atoms with van der Waals surface area (Å²) in [6, 6.07) is 1.51. The third-order valence-electron chi connectivity index (χ3n) is 4.00. The van der Waals surface area contributed by atoms with Crippen LogP contribution in [0.3, 0.4) is 0 Å². The molecule has 5 nitrogen and oxygen atoms in total. The van der Waals surface area contributed by atoms with E-state index in [2.05, 4.69) is 12.2 Å². The Labute approximate surface area is 130 Å². The van der Waals surface area contributed by atoms with Gasteiger partial charge < -0.3 is 9.88 Å². The van der Waals surface area contributed by atoms with Crippen molar-refractivity contribution in [2.24, 2.45) is 5.92 Å². The number of carbonyl (C=O) groups is 1. The summed E-state index contributed by atoms with van der Waals surface area (Å²) in [5.41, 5.74) is 0.343. The number of carbonyl (C=O) groups excluding carboxylic acids is 1. The van der Waals surface area contributed by atoms with E-state index in [1.54, 1.807) is 4.57 Å². The minimum Gasteiger partial charge on any atom is -0.348 e. The summed E-state index contributed by atoms with van der Waals surface area (Å²) in [6.45, 7) is 4.55. The fraction of sp³-hybridized carbons (Fsp3) is 0.643. The second-order valence-corrected chi connectivity index (χ2v) is 8.29. The van der Waals surface area contributed by atoms with E-state index in [0.717, 1.165) is 19.3 Å². The van der Waals surface area contributed by atoms with E-state index in [0.29, 0.717) is 18.2 Å². The Hall–Kier alpha value is -1.01. The smallest absolute Gasteiger partial charge is 0.268 e. The van der Waals surface area contributed by atoms with Gasteiger partial charge in [0, 0.05) is 29.5 Å². The zero-order chi connectivity index (χ0) is 15.6. The topological polar surface area (TPSA) is 68.2 Å². The van der Waals surface area contributed by atoms with E-state index in [-0.39, 0.29) is 16.8 Å². The van der Waals surface area contributed by atoms with E-state index >= 15 is 0 Å². The lowest BCUT2D eigenvalue weighted by Gasteiger charge is -2.27. The van der Waals surface area contributed by atoms with Crippen LogP contribution in [0.4, 0.5) is 0 Å². The molecule has 0 aromatic carbocycles. The van der Waals surface area contributed by atoms with Gasteiger partial charge in [-0.15, -0.1) is 0 Å². The molecule has 0 radical (unpaired) electrons. The average molecular weight is 333 g/mol. The van der Waals surface area contributed by atoms with Crippen molar-refractivity contribution in [2.75, 3.05) is 0 Å². The maximum atomic E-state index is 12.4. The van der Waals surface area contributed by atoms with Crippen LogP contribution in [0.25, 0.3) is 0 Å². The lowest BCUT2D eigenvalue weighted by molar-refractivity contribution is 0.0912. The van der Waals surface area contributed by atoms with Crippen LogP contribution in [0.5, 0.6) is 0 Å². The lowest BCUT2D eigenvalue weighted by Crippen LogP contribution is -2.38. The molecule has 1 fully saturated rings. The third-order valence-corrected chi connectivity index (χ3v) is 5.32. The molecule has 0 bridgehead atoms. The highest BCUT2D eigenvalue weighted by Gasteiger charge is 2.24. The van der Waals surface area contributed by atoms with Gasteiger partial charge in [0.15, 0.2) is 0 Å². The summed E-state index contributed by atoms with van der Waals surface area (Å²) in [5.74, 6) is 0.378. The van der Waals surface area contributed by atoms with Gasteiger partial charge in [0.1, 0.15) is 10.6 Å². The first-order chi connectivity index (χ1) is 9.81. The predicted molar refractivity (Wildman–Crippen MR) is 82.0 cm³/mol. The Balaban J connectivity index is 2.16. The third kappa shape index (κ3) is 4.01. The Kier molecular flexibility index (Phi) is 4.99. The molecule has 1 N–H and O–H groups in total. The zero-order valence-electron chi connectivity index (χ0n) is 12.3. The summed E-state index contributed by atoms with van der Waals surface area (Å²) < 4.78 is 24.4. The molecule has 0 saturated heterocycles. The van der Waals surface area contributed by atoms with Crippen LogP contribution in [-0.4, -0.2) is 24.9 Å². The van der Waals surface area contributed by atoms with Crippen LogP contribution >= 0.6 is 10.7 Å². The molecule has 1 aliphatic rings. The monoisotopic (exact) mass is 332 g/mol. The van der Waals surface area contributed by atoms with Crippen molar-refractivity contribution in [1.82, 2.24) is 9.88 Å². The first-order valence-corrected chi connectivity index (χ1v) is 9.58. The quantitative estimate of drug-likeness (QED) is 0.862. The standard InChI is InChI=1S/C14H21ClN2O3S/c1-3-17-9-12(21(15,19)20)8-13(17)14(18)16-11-6-4-5-10(2)7-11/h8-11H,3-7H2,1-2H3,(H,16,18). The molecule has 2 rings (SSSR count). The van der Waals surface area contributed by atoms with Gasteiger partial charge in [-0.1, -0.05) is 19.8 Å². The van der Waals surface area contributed by atoms with Crippen molar-refractivity contribution >= 4 is 25.6 Å². The maximum absolute atomic E-state index is 12.4. The minimum atomic E-state index is -3.82. The number of hydrogen-bond acceptors (Lipinski definition) is 3. The Morgan fingerprint density at radius 2 is 2.19 bits per heavy atom. The molecule has 21 heavy (non-hydrogen) atoms. The Bertz CT molecular complexity index is 624. The molecule has 1 amide bonds. The van der Waals surface area contributed by atoms with Crippen molar-refractivity contribution in [3.8, 4) is 0 Å². The van der Waals surface area contributed by atoms with Crippen molar-refractivity contribution in [1.29, 1.82) is 0 Å². The van der Waals surface area contributed by atoms with Crippen molar-refractivity contribution < 1.29 is 13.2 Å². The number of nitrogens with one attached hydrogen (secondary N) is 1. The van der Waals surface area contributed by atoms with Crippen LogP contribution < -0.4 is 5.32 Å². The maximum Gasteiger partial charge on any atom is 0.268 e. The van der Waals surface area contributed by atoms with Gasteiger partial charge in [-0.3, -0.25) is 4.79 Å². The van der Waals surface area contributed by atoms with Gasteiger partial charge in [0.25, 0.3) is 15.0 Å². The highest BCUT2D eigenvalue weighted by molar-refractivity contribution is 8.13. The molecule has 118 valence electrons. The summed E-state index contributed by atoms with van der Waals surface area (Å²) >= 11 is 0. The Morgan fingerprint density at radius 3 is 2.76 bits per heavy atom. The number of nitrogens with zero attached hydrogens (tertiary/aromatic N) is 1. The molecule has 0 aliphatic heterocycles. The fourth-order valence-electron chi connectivity index (χ4n) is 2.89. The van der Waals surface area contributed by atoms with Crippen LogP contribution in [0, 0.1) is 5.92 Å². The summed E-state index contributed by atoms with van der Waals surface area (Å²) in [7, 11) is 1.53. The molecule has 1 heterocycles. The predicted octanol–water partition coefficient (Wildman–Crippen LogP) is 2.74. The highest BCUT2D eigenvalue weighted by atomic mass is 35.7. The van der Waals surface area contributed by atoms with Crippen LogP contribution in [0.2, 0.25) is 0 Å². The van der Waals surface area contributed by atoms with Gasteiger partial charge >= 0.3 is 0 Å². The van der Waals surface area contributed by atoms with Crippen LogP contribution in [-0.2, 0) is 15.6 Å². The van der Waals surface area contributed by atoms with Crippen molar-refractivity contribution in [2.45, 2.75) is 57.0 Å². The lowest BCUT2D eigenvalue weighted by atomic mass is 9.87. The van der Waals surface area contributed by atoms with Gasteiger partial charge in [0.05, 0.1) is 0 Å². The largest absolute Gasteiger partial charge is 0.348 e. The van der Waals surface area contributed by atoms with E-state index in [4.69, 9.17) is 10.7 Å². The van der Waals surface area contributed by atoms with Gasteiger partial charge in [-0.2, -0.15) is 0 Å². The molecule has 2 unspecified atom stereocenters. The summed E-state index contributed by atoms with van der Waals surface area (Å²) in [5, 5.41) is 3.01. The number of amides is 1. The first kappa shape index (κ1) is 16.4. The fourth-order valence-corrected chi connectivity index (χ4v) is 3.65. The van der Waals surface area contributed by atoms with Crippen molar-refractivity contribution in [3.63, 3.8) is 0 Å². The number of aromatic nitrogens is 1. The molecule has 1 aliphatic carbocycles. The minimum absolute atomic E-state index is 0.0341. The second kappa shape index (κ2) is 6.40. The number of halogens is 1. The van der Waals surface area contributed by atoms with Crippen molar-refractivity contribution in [3.05, 3.63) is 18.0 Å². The number of aryl methyl sites for hydroxylation is 1. The molecule has 1 aromatic rings. The van der Waals surface area contributed by atoms with Gasteiger partial charge in [-0.25, -0.2) is 8.42 Å². The zero-order valence-corrected chi connectivity index (χ0v) is 13.9. The molecule has 1 saturated carbocycles. The second-order valence-electron chi connectivity index (χ2n) is 5.73. The first-order valence-electron chi connectivity index (χ1n) is 7.27. The molecular formula is C14H21ClN2O3S. The SMILES string of the molecule is CCn1cc(S(=O)(=O)Cl)cc1C(=O)NC1CCCC(C)C1. The molecular weight excluding hydrogens is 312 g/mol. The molecule has 0 spiro atoms. The van der Waals surface area contributed by atoms with E-state index in [1.807, 2.05) is 6.92 Å². The number of hydrogen-bond donors (Lipinski definition) is 1. The normalized spacial score (nSPS) is 23.0. The van der Waals surface area contributed by atoms with E-state index in [1.165, 1.54) is 18.7 Å². The molecule has 1 aromatic heterocycles. The van der Waals surface area contributed by atoms with E-state index in [9.17, 15) is 13.2 Å². The highest BCUT2D eigenvalue weighted by Crippen LogP contribution is 2.24. The average Bonchev–Trinajstić information content (AvgIpc) is 2.82. The number of rotatable bonds is 4. The summed E-state index contributed by atoms with van der Waals surface area (Å²) in [4.78, 5) is 12.3. The Morgan fingerprint density at radius 1 is 1.48 bits per heavy atom. The molecule has 2 atom stereocenters. The molecule has 7 heteroatoms.